The number of hydrogen-bond donors (Lipinski definition) is 2. The van der Waals surface area contributed by atoms with Crippen molar-refractivity contribution in [2.75, 3.05) is 6.54 Å². The maximum atomic E-state index is 13.6. The van der Waals surface area contributed by atoms with Gasteiger partial charge in [-0.3, -0.25) is 0 Å². The molecule has 1 rings (SSSR count). The fraction of sp³-hybridized carbons (Fsp3) is 0.417. The minimum absolute atomic E-state index is 0.00722. The Hall–Kier alpha value is -1.62. The number of hydrogen-bond acceptors (Lipinski definition) is 3. The molecule has 17 heavy (non-hydrogen) atoms. The number of para-hydroxylation sites is 1. The number of halogens is 1. The predicted octanol–water partition coefficient (Wildman–Crippen LogP) is 1.57. The number of carbonyl (C=O) groups is 1. The molecule has 0 bridgehead atoms. The Morgan fingerprint density at radius 2 is 2.29 bits per heavy atom. The lowest BCUT2D eigenvalue weighted by molar-refractivity contribution is -0.145. The minimum Gasteiger partial charge on any atom is -0.479 e. The second-order valence-corrected chi connectivity index (χ2v) is 3.62. The molecule has 1 atom stereocenters. The largest absolute Gasteiger partial charge is 0.479 e. The average molecular weight is 241 g/mol. The van der Waals surface area contributed by atoms with Gasteiger partial charge in [0.15, 0.2) is 17.7 Å². The Morgan fingerprint density at radius 1 is 1.59 bits per heavy atom. The van der Waals surface area contributed by atoms with Crippen LogP contribution in [0.15, 0.2) is 18.2 Å². The molecule has 1 aromatic carbocycles. The SMILES string of the molecule is CCC(Oc1c(F)cccc1CCN)C(=O)O. The van der Waals surface area contributed by atoms with Crippen molar-refractivity contribution in [3.63, 3.8) is 0 Å². The Labute approximate surface area is 99.2 Å². The summed E-state index contributed by atoms with van der Waals surface area (Å²) in [5.74, 6) is -1.67. The van der Waals surface area contributed by atoms with Crippen molar-refractivity contribution in [2.45, 2.75) is 25.9 Å². The second kappa shape index (κ2) is 6.20. The zero-order valence-electron chi connectivity index (χ0n) is 9.65. The Balaban J connectivity index is 2.98. The third-order valence-electron chi connectivity index (χ3n) is 2.37. The molecule has 0 fully saturated rings. The van der Waals surface area contributed by atoms with Gasteiger partial charge in [-0.2, -0.15) is 0 Å². The number of nitrogens with two attached hydrogens (primary N) is 1. The van der Waals surface area contributed by atoms with Crippen LogP contribution in [-0.4, -0.2) is 23.7 Å². The van der Waals surface area contributed by atoms with E-state index in [1.165, 1.54) is 6.07 Å². The lowest BCUT2D eigenvalue weighted by Crippen LogP contribution is -2.27. The molecule has 0 spiro atoms. The Bertz CT molecular complexity index is 395. The number of ether oxygens (including phenoxy) is 1. The zero-order chi connectivity index (χ0) is 12.8. The first-order valence-electron chi connectivity index (χ1n) is 5.47. The summed E-state index contributed by atoms with van der Waals surface area (Å²) >= 11 is 0. The van der Waals surface area contributed by atoms with Crippen molar-refractivity contribution in [1.29, 1.82) is 0 Å². The fourth-order valence-electron chi connectivity index (χ4n) is 1.49. The van der Waals surface area contributed by atoms with Crippen molar-refractivity contribution in [2.24, 2.45) is 5.73 Å². The molecule has 1 aromatic rings. The topological polar surface area (TPSA) is 72.5 Å². The summed E-state index contributed by atoms with van der Waals surface area (Å²) in [6, 6.07) is 4.47. The van der Waals surface area contributed by atoms with Crippen LogP contribution in [0.3, 0.4) is 0 Å². The Morgan fingerprint density at radius 3 is 2.82 bits per heavy atom. The van der Waals surface area contributed by atoms with Crippen LogP contribution < -0.4 is 10.5 Å². The van der Waals surface area contributed by atoms with E-state index in [-0.39, 0.29) is 12.2 Å². The summed E-state index contributed by atoms with van der Waals surface area (Å²) in [5, 5.41) is 8.87. The van der Waals surface area contributed by atoms with E-state index in [0.717, 1.165) is 0 Å². The minimum atomic E-state index is -1.10. The second-order valence-electron chi connectivity index (χ2n) is 3.62. The first kappa shape index (κ1) is 13.4. The molecule has 0 saturated heterocycles. The molecule has 0 radical (unpaired) electrons. The van der Waals surface area contributed by atoms with E-state index < -0.39 is 17.9 Å². The van der Waals surface area contributed by atoms with Crippen LogP contribution in [0.4, 0.5) is 4.39 Å². The highest BCUT2D eigenvalue weighted by Crippen LogP contribution is 2.24. The maximum Gasteiger partial charge on any atom is 0.344 e. The summed E-state index contributed by atoms with van der Waals surface area (Å²) in [4.78, 5) is 10.8. The van der Waals surface area contributed by atoms with Gasteiger partial charge >= 0.3 is 5.97 Å². The molecule has 3 N–H and O–H groups in total. The first-order valence-corrected chi connectivity index (χ1v) is 5.47. The monoisotopic (exact) mass is 241 g/mol. The van der Waals surface area contributed by atoms with E-state index in [4.69, 9.17) is 15.6 Å². The molecule has 5 heteroatoms. The highest BCUT2D eigenvalue weighted by atomic mass is 19.1. The molecule has 0 amide bonds. The lowest BCUT2D eigenvalue weighted by Gasteiger charge is -2.16. The highest BCUT2D eigenvalue weighted by molar-refractivity contribution is 5.72. The van der Waals surface area contributed by atoms with Gasteiger partial charge in [0.1, 0.15) is 0 Å². The smallest absolute Gasteiger partial charge is 0.344 e. The van der Waals surface area contributed by atoms with E-state index in [2.05, 4.69) is 0 Å². The molecule has 0 saturated carbocycles. The van der Waals surface area contributed by atoms with E-state index in [1.54, 1.807) is 19.1 Å². The average Bonchev–Trinajstić information content (AvgIpc) is 2.28. The quantitative estimate of drug-likeness (QED) is 0.793. The van der Waals surface area contributed by atoms with Crippen molar-refractivity contribution in [3.05, 3.63) is 29.6 Å². The van der Waals surface area contributed by atoms with Gasteiger partial charge in [0.05, 0.1) is 0 Å². The molecule has 0 heterocycles. The summed E-state index contributed by atoms with van der Waals surface area (Å²) in [5.41, 5.74) is 6.00. The molecule has 0 aliphatic heterocycles. The molecule has 4 nitrogen and oxygen atoms in total. The van der Waals surface area contributed by atoms with E-state index in [1.807, 2.05) is 0 Å². The number of carboxylic acids is 1. The fourth-order valence-corrected chi connectivity index (χ4v) is 1.49. The van der Waals surface area contributed by atoms with Gasteiger partial charge in [-0.25, -0.2) is 9.18 Å². The number of carboxylic acid groups (broad SMARTS) is 1. The highest BCUT2D eigenvalue weighted by Gasteiger charge is 2.20. The third kappa shape index (κ3) is 3.42. The van der Waals surface area contributed by atoms with Crippen LogP contribution in [-0.2, 0) is 11.2 Å². The molecule has 1 unspecified atom stereocenters. The van der Waals surface area contributed by atoms with Gasteiger partial charge in [-0.15, -0.1) is 0 Å². The van der Waals surface area contributed by atoms with Crippen molar-refractivity contribution < 1.29 is 19.0 Å². The van der Waals surface area contributed by atoms with Crippen LogP contribution >= 0.6 is 0 Å². The zero-order valence-corrected chi connectivity index (χ0v) is 9.65. The standard InChI is InChI=1S/C12H16FNO3/c1-2-10(12(15)16)17-11-8(6-7-14)4-3-5-9(11)13/h3-5,10H,2,6-7,14H2,1H3,(H,15,16). The van der Waals surface area contributed by atoms with Gasteiger partial charge in [0.25, 0.3) is 0 Å². The molecule has 0 aliphatic carbocycles. The molecule has 0 aliphatic rings. The molecule has 94 valence electrons. The van der Waals surface area contributed by atoms with Crippen molar-refractivity contribution >= 4 is 5.97 Å². The van der Waals surface area contributed by atoms with Crippen LogP contribution in [0, 0.1) is 5.82 Å². The van der Waals surface area contributed by atoms with Gasteiger partial charge < -0.3 is 15.6 Å². The van der Waals surface area contributed by atoms with Crippen LogP contribution in [0.2, 0.25) is 0 Å². The van der Waals surface area contributed by atoms with Crippen LogP contribution in [0.1, 0.15) is 18.9 Å². The summed E-state index contributed by atoms with van der Waals surface area (Å²) in [7, 11) is 0. The van der Waals surface area contributed by atoms with Crippen LogP contribution in [0.5, 0.6) is 5.75 Å². The van der Waals surface area contributed by atoms with Gasteiger partial charge in [0.2, 0.25) is 0 Å². The van der Waals surface area contributed by atoms with E-state index in [0.29, 0.717) is 18.5 Å². The van der Waals surface area contributed by atoms with E-state index in [9.17, 15) is 9.18 Å². The normalized spacial score (nSPS) is 12.2. The molecular weight excluding hydrogens is 225 g/mol. The van der Waals surface area contributed by atoms with E-state index >= 15 is 0 Å². The maximum absolute atomic E-state index is 13.6. The van der Waals surface area contributed by atoms with Gasteiger partial charge in [-0.05, 0) is 31.0 Å². The number of benzene rings is 1. The van der Waals surface area contributed by atoms with Gasteiger partial charge in [0, 0.05) is 0 Å². The van der Waals surface area contributed by atoms with Crippen LogP contribution in [0.25, 0.3) is 0 Å². The van der Waals surface area contributed by atoms with Crippen molar-refractivity contribution in [1.82, 2.24) is 0 Å². The number of aliphatic carboxylic acids is 1. The Kier molecular flexibility index (Phi) is 4.90. The summed E-state index contributed by atoms with van der Waals surface area (Å²) in [6.45, 7) is 2.02. The summed E-state index contributed by atoms with van der Waals surface area (Å²) in [6.07, 6.45) is -0.321. The third-order valence-corrected chi connectivity index (χ3v) is 2.37. The van der Waals surface area contributed by atoms with Crippen molar-refractivity contribution in [3.8, 4) is 5.75 Å². The predicted molar refractivity (Wildman–Crippen MR) is 61.5 cm³/mol. The number of rotatable bonds is 6. The lowest BCUT2D eigenvalue weighted by atomic mass is 10.1. The summed E-state index contributed by atoms with van der Waals surface area (Å²) < 4.78 is 18.8. The molecular formula is C12H16FNO3. The molecule has 0 aromatic heterocycles. The van der Waals surface area contributed by atoms with Gasteiger partial charge in [-0.1, -0.05) is 19.1 Å². The first-order chi connectivity index (χ1) is 8.10.